The molecule has 0 saturated heterocycles. The Morgan fingerprint density at radius 2 is 1.88 bits per heavy atom. The highest BCUT2D eigenvalue weighted by atomic mass is 32.2. The van der Waals surface area contributed by atoms with Gasteiger partial charge in [-0.05, 0) is 31.8 Å². The first kappa shape index (κ1) is 14.1. The van der Waals surface area contributed by atoms with Gasteiger partial charge >= 0.3 is 7.12 Å². The summed E-state index contributed by atoms with van der Waals surface area (Å²) >= 11 is 0. The lowest BCUT2D eigenvalue weighted by Gasteiger charge is -2.13. The maximum Gasteiger partial charge on any atom is 0.489 e. The van der Waals surface area contributed by atoms with Gasteiger partial charge in [-0.3, -0.25) is 0 Å². The van der Waals surface area contributed by atoms with E-state index >= 15 is 0 Å². The molecule has 4 nitrogen and oxygen atoms in total. The third-order valence-corrected chi connectivity index (χ3v) is 3.43. The first-order chi connectivity index (χ1) is 7.82. The van der Waals surface area contributed by atoms with Crippen molar-refractivity contribution in [2.45, 2.75) is 25.5 Å². The quantitative estimate of drug-likeness (QED) is 0.599. The predicted molar refractivity (Wildman–Crippen MR) is 71.8 cm³/mol. The highest BCUT2D eigenvalue weighted by molar-refractivity contribution is 7.85. The first-order valence-corrected chi connectivity index (χ1v) is 6.34. The van der Waals surface area contributed by atoms with Crippen molar-refractivity contribution in [3.63, 3.8) is 0 Å². The lowest BCUT2D eigenvalue weighted by Crippen LogP contribution is -2.33. The maximum absolute atomic E-state index is 11.7. The van der Waals surface area contributed by atoms with E-state index in [1.165, 1.54) is 6.21 Å². The molecule has 1 atom stereocenters. The molecule has 0 spiro atoms. The molecule has 92 valence electrons. The second kappa shape index (κ2) is 5.57. The van der Waals surface area contributed by atoms with Crippen LogP contribution in [0.25, 0.3) is 0 Å². The van der Waals surface area contributed by atoms with Crippen molar-refractivity contribution in [3.8, 4) is 0 Å². The van der Waals surface area contributed by atoms with E-state index in [2.05, 4.69) is 4.40 Å². The van der Waals surface area contributed by atoms with Crippen molar-refractivity contribution in [2.75, 3.05) is 0 Å². The Morgan fingerprint density at radius 3 is 2.41 bits per heavy atom. The average Bonchev–Trinajstić information content (AvgIpc) is 2.24. The molecule has 0 bridgehead atoms. The molecule has 0 unspecified atom stereocenters. The maximum atomic E-state index is 11.7. The summed E-state index contributed by atoms with van der Waals surface area (Å²) in [5.74, 6) is 0. The Balaban J connectivity index is 2.96. The van der Waals surface area contributed by atoms with Crippen LogP contribution < -0.4 is 5.46 Å². The van der Waals surface area contributed by atoms with Gasteiger partial charge in [0, 0.05) is 6.21 Å². The highest BCUT2D eigenvalue weighted by Gasteiger charge is 2.19. The zero-order valence-electron chi connectivity index (χ0n) is 10.1. The van der Waals surface area contributed by atoms with Crippen molar-refractivity contribution in [2.24, 2.45) is 4.40 Å². The van der Waals surface area contributed by atoms with Crippen LogP contribution in [0.3, 0.4) is 0 Å². The van der Waals surface area contributed by atoms with E-state index in [4.69, 9.17) is 10.0 Å². The summed E-state index contributed by atoms with van der Waals surface area (Å²) in [6.07, 6.45) is 1.41. The van der Waals surface area contributed by atoms with Gasteiger partial charge in [0.1, 0.15) is 11.0 Å². The fourth-order valence-electron chi connectivity index (χ4n) is 1.13. The van der Waals surface area contributed by atoms with Crippen LogP contribution in [0.15, 0.2) is 28.7 Å². The molecule has 1 rings (SSSR count). The van der Waals surface area contributed by atoms with Crippen LogP contribution in [0, 0.1) is 0 Å². The zero-order valence-corrected chi connectivity index (χ0v) is 10.9. The van der Waals surface area contributed by atoms with Gasteiger partial charge in [-0.1, -0.05) is 24.3 Å². The summed E-state index contributed by atoms with van der Waals surface area (Å²) in [4.78, 5) is 0. The van der Waals surface area contributed by atoms with Gasteiger partial charge in [0.2, 0.25) is 0 Å². The standard InChI is InChI=1S/C11H16BNO3S/c1-11(2,3)17(16)13-8-9-6-4-5-7-10(9)12(14)15/h4-8,14-15H,1-3H3/b13-8+/t17-/m0/s1. The molecule has 1 aromatic rings. The molecule has 0 aliphatic carbocycles. The Bertz CT molecular complexity index is 441. The monoisotopic (exact) mass is 253 g/mol. The molecule has 0 radical (unpaired) electrons. The van der Waals surface area contributed by atoms with E-state index in [9.17, 15) is 4.21 Å². The fraction of sp³-hybridized carbons (Fsp3) is 0.364. The summed E-state index contributed by atoms with van der Waals surface area (Å²) in [6.45, 7) is 5.48. The molecule has 0 aliphatic heterocycles. The lowest BCUT2D eigenvalue weighted by molar-refractivity contribution is 0.425. The molecular weight excluding hydrogens is 237 g/mol. The molecule has 0 amide bonds. The molecular formula is C11H16BNO3S. The van der Waals surface area contributed by atoms with E-state index in [0.717, 1.165) is 0 Å². The molecule has 1 aromatic carbocycles. The molecule has 0 fully saturated rings. The summed E-state index contributed by atoms with van der Waals surface area (Å²) in [5.41, 5.74) is 0.905. The van der Waals surface area contributed by atoms with Gasteiger partial charge in [0.15, 0.2) is 0 Å². The van der Waals surface area contributed by atoms with E-state index in [0.29, 0.717) is 11.0 Å². The van der Waals surface area contributed by atoms with Gasteiger partial charge in [0.25, 0.3) is 0 Å². The largest absolute Gasteiger partial charge is 0.489 e. The molecule has 17 heavy (non-hydrogen) atoms. The van der Waals surface area contributed by atoms with Crippen LogP contribution in [0.2, 0.25) is 0 Å². The fourth-order valence-corrected chi connectivity index (χ4v) is 1.65. The van der Waals surface area contributed by atoms with Crippen molar-refractivity contribution in [3.05, 3.63) is 29.8 Å². The minimum absolute atomic E-state index is 0.349. The molecule has 0 aromatic heterocycles. The van der Waals surface area contributed by atoms with Crippen molar-refractivity contribution in [1.29, 1.82) is 0 Å². The van der Waals surface area contributed by atoms with Crippen LogP contribution in [0.4, 0.5) is 0 Å². The summed E-state index contributed by atoms with van der Waals surface area (Å²) in [5, 5.41) is 18.3. The van der Waals surface area contributed by atoms with E-state index < -0.39 is 22.9 Å². The van der Waals surface area contributed by atoms with Crippen LogP contribution in [0.1, 0.15) is 26.3 Å². The highest BCUT2D eigenvalue weighted by Crippen LogP contribution is 2.11. The normalized spacial score (nSPS) is 13.9. The first-order valence-electron chi connectivity index (χ1n) is 5.23. The minimum Gasteiger partial charge on any atom is -0.423 e. The van der Waals surface area contributed by atoms with Crippen LogP contribution in [-0.4, -0.2) is 32.3 Å². The third-order valence-electron chi connectivity index (χ3n) is 2.09. The zero-order chi connectivity index (χ0) is 13.1. The van der Waals surface area contributed by atoms with Gasteiger partial charge < -0.3 is 10.0 Å². The molecule has 2 N–H and O–H groups in total. The molecule has 6 heteroatoms. The van der Waals surface area contributed by atoms with Crippen molar-refractivity contribution in [1.82, 2.24) is 0 Å². The average molecular weight is 253 g/mol. The van der Waals surface area contributed by atoms with Crippen LogP contribution in [0.5, 0.6) is 0 Å². The number of hydrogen-bond acceptors (Lipinski definition) is 3. The van der Waals surface area contributed by atoms with Crippen LogP contribution >= 0.6 is 0 Å². The molecule has 0 saturated carbocycles. The van der Waals surface area contributed by atoms with Crippen molar-refractivity contribution < 1.29 is 14.3 Å². The van der Waals surface area contributed by atoms with Gasteiger partial charge in [-0.2, -0.15) is 4.40 Å². The predicted octanol–water partition coefficient (Wildman–Crippen LogP) is 0.247. The Kier molecular flexibility index (Phi) is 4.62. The molecule has 0 aliphatic rings. The lowest BCUT2D eigenvalue weighted by atomic mass is 9.77. The summed E-state index contributed by atoms with van der Waals surface area (Å²) in [6, 6.07) is 6.74. The van der Waals surface area contributed by atoms with Gasteiger partial charge in [0.05, 0.1) is 4.75 Å². The topological polar surface area (TPSA) is 69.9 Å². The third kappa shape index (κ3) is 4.07. The number of nitrogens with zero attached hydrogens (tertiary/aromatic N) is 1. The van der Waals surface area contributed by atoms with Crippen molar-refractivity contribution >= 4 is 29.8 Å². The Morgan fingerprint density at radius 1 is 1.29 bits per heavy atom. The summed E-state index contributed by atoms with van der Waals surface area (Å²) < 4.78 is 15.2. The molecule has 0 heterocycles. The van der Waals surface area contributed by atoms with E-state index in [-0.39, 0.29) is 0 Å². The smallest absolute Gasteiger partial charge is 0.423 e. The summed E-state index contributed by atoms with van der Waals surface area (Å²) in [7, 11) is -2.91. The second-order valence-corrected chi connectivity index (χ2v) is 6.53. The van der Waals surface area contributed by atoms with E-state index in [1.807, 2.05) is 20.8 Å². The van der Waals surface area contributed by atoms with Crippen LogP contribution in [-0.2, 0) is 11.0 Å². The number of hydrogen-bond donors (Lipinski definition) is 2. The number of benzene rings is 1. The Hall–Kier alpha value is -0.975. The number of rotatable bonds is 3. The second-order valence-electron chi connectivity index (χ2n) is 4.60. The van der Waals surface area contributed by atoms with E-state index in [1.54, 1.807) is 24.3 Å². The van der Waals surface area contributed by atoms with Gasteiger partial charge in [-0.25, -0.2) is 4.21 Å². The Labute approximate surface area is 104 Å². The SMILES string of the molecule is CC(C)(C)[S@](=O)/N=C/c1ccccc1B(O)O. The minimum atomic E-state index is -1.55. The van der Waals surface area contributed by atoms with Gasteiger partial charge in [-0.15, -0.1) is 0 Å².